The number of nitrogens with zero attached hydrogens (tertiary/aromatic N) is 1. The molecule has 0 aromatic rings. The van der Waals surface area contributed by atoms with E-state index in [1.165, 1.54) is 30.7 Å². The molecule has 13 heteroatoms. The van der Waals surface area contributed by atoms with Crippen LogP contribution in [0.5, 0.6) is 0 Å². The Morgan fingerprint density at radius 1 is 0.423 bits per heavy atom. The summed E-state index contributed by atoms with van der Waals surface area (Å²) < 4.78 is 141. The molecule has 0 spiro atoms. The Hall–Kier alpha value is -0.880. The van der Waals surface area contributed by atoms with Crippen molar-refractivity contribution in [2.75, 3.05) is 26.2 Å². The smallest absolute Gasteiger partial charge is 0.325 e. The van der Waals surface area contributed by atoms with Gasteiger partial charge >= 0.3 is 30.1 Å². The van der Waals surface area contributed by atoms with E-state index >= 15 is 0 Å². The third kappa shape index (κ3) is 5.10. The van der Waals surface area contributed by atoms with Gasteiger partial charge in [-0.1, -0.05) is 0 Å². The monoisotopic (exact) mass is 418 g/mol. The maximum Gasteiger partial charge on any atom is 0.460 e. The molecule has 0 aromatic carbocycles. The van der Waals surface area contributed by atoms with Crippen LogP contribution < -0.4 is 0 Å². The number of quaternary nitrogens is 1. The van der Waals surface area contributed by atoms with Crippen LogP contribution in [0.15, 0.2) is 0 Å². The van der Waals surface area contributed by atoms with E-state index < -0.39 is 30.1 Å². The second-order valence-electron chi connectivity index (χ2n) is 5.33. The van der Waals surface area contributed by atoms with Crippen LogP contribution in [0.25, 0.3) is 0 Å². The molecule has 0 heterocycles. The Kier molecular flexibility index (Phi) is 8.86. The maximum atomic E-state index is 12.0. The summed E-state index contributed by atoms with van der Waals surface area (Å²) in [5.41, 5.74) is 0. The standard InChI is InChI=1S/C8H20N.C5F12/c1-5-9(6-2,7-3)8-4;6-1(7,2(8,9)4(12,13)14)3(10,11)5(15,16)17/h5-8H2,1-4H3;/q+1;. The highest BCUT2D eigenvalue weighted by Crippen LogP contribution is 2.57. The van der Waals surface area contributed by atoms with E-state index in [-0.39, 0.29) is 0 Å². The van der Waals surface area contributed by atoms with Gasteiger partial charge in [0.15, 0.2) is 0 Å². The van der Waals surface area contributed by atoms with E-state index in [0.29, 0.717) is 0 Å². The van der Waals surface area contributed by atoms with Crippen LogP contribution in [0.3, 0.4) is 0 Å². The Morgan fingerprint density at radius 3 is 0.692 bits per heavy atom. The molecule has 0 bridgehead atoms. The van der Waals surface area contributed by atoms with E-state index in [0.717, 1.165) is 0 Å². The van der Waals surface area contributed by atoms with Gasteiger partial charge in [-0.05, 0) is 27.7 Å². The summed E-state index contributed by atoms with van der Waals surface area (Å²) in [6, 6.07) is 0. The van der Waals surface area contributed by atoms with Crippen molar-refractivity contribution in [3.63, 3.8) is 0 Å². The summed E-state index contributed by atoms with van der Waals surface area (Å²) >= 11 is 0. The van der Waals surface area contributed by atoms with Crippen LogP contribution in [-0.4, -0.2) is 60.8 Å². The highest BCUT2D eigenvalue weighted by atomic mass is 19.4. The van der Waals surface area contributed by atoms with Gasteiger partial charge in [-0.2, -0.15) is 52.7 Å². The van der Waals surface area contributed by atoms with Crippen molar-refractivity contribution in [2.45, 2.75) is 57.8 Å². The average molecular weight is 418 g/mol. The molecule has 0 radical (unpaired) electrons. The van der Waals surface area contributed by atoms with E-state index in [1.54, 1.807) is 0 Å². The molecule has 0 aromatic heterocycles. The molecule has 0 saturated heterocycles. The summed E-state index contributed by atoms with van der Waals surface area (Å²) in [6.07, 6.45) is -14.5. The van der Waals surface area contributed by atoms with Crippen LogP contribution in [0.4, 0.5) is 52.7 Å². The maximum absolute atomic E-state index is 12.0. The second kappa shape index (κ2) is 8.42. The third-order valence-electron chi connectivity index (χ3n) is 4.18. The molecule has 0 unspecified atom stereocenters. The lowest BCUT2D eigenvalue weighted by Crippen LogP contribution is -2.65. The minimum absolute atomic E-state index is 1.28. The van der Waals surface area contributed by atoms with Crippen LogP contribution in [0.1, 0.15) is 27.7 Å². The van der Waals surface area contributed by atoms with Crippen LogP contribution >= 0.6 is 0 Å². The lowest BCUT2D eigenvalue weighted by atomic mass is 10.0. The fourth-order valence-corrected chi connectivity index (χ4v) is 1.89. The largest absolute Gasteiger partial charge is 0.460 e. The number of hydrogen-bond acceptors (Lipinski definition) is 0. The molecular weight excluding hydrogens is 398 g/mol. The molecule has 0 atom stereocenters. The average Bonchev–Trinajstić information content (AvgIpc) is 2.48. The van der Waals surface area contributed by atoms with E-state index in [2.05, 4.69) is 27.7 Å². The van der Waals surface area contributed by atoms with E-state index in [9.17, 15) is 52.7 Å². The zero-order valence-corrected chi connectivity index (χ0v) is 14.3. The van der Waals surface area contributed by atoms with Gasteiger partial charge in [0.1, 0.15) is 0 Å². The molecule has 0 aliphatic heterocycles. The predicted molar refractivity (Wildman–Crippen MR) is 69.4 cm³/mol. The predicted octanol–water partition coefficient (Wildman–Crippen LogP) is 5.90. The van der Waals surface area contributed by atoms with Gasteiger partial charge in [0.05, 0.1) is 26.2 Å². The molecule has 1 nitrogen and oxygen atoms in total. The van der Waals surface area contributed by atoms with Crippen molar-refractivity contribution < 1.29 is 57.2 Å². The zero-order chi connectivity index (χ0) is 21.8. The van der Waals surface area contributed by atoms with Gasteiger partial charge in [0, 0.05) is 0 Å². The van der Waals surface area contributed by atoms with Crippen LogP contribution in [0, 0.1) is 0 Å². The second-order valence-corrected chi connectivity index (χ2v) is 5.33. The Balaban J connectivity index is 0. The molecule has 0 fully saturated rings. The number of alkyl halides is 12. The number of halogens is 12. The Labute approximate surface area is 142 Å². The Bertz CT molecular complexity index is 374. The fourth-order valence-electron chi connectivity index (χ4n) is 1.89. The molecule has 160 valence electrons. The lowest BCUT2D eigenvalue weighted by molar-refractivity contribution is -0.921. The topological polar surface area (TPSA) is 0 Å². The molecule has 0 amide bonds. The summed E-state index contributed by atoms with van der Waals surface area (Å²) in [7, 11) is 0. The van der Waals surface area contributed by atoms with Gasteiger partial charge in [-0.15, -0.1) is 0 Å². The van der Waals surface area contributed by atoms with Gasteiger partial charge in [0.2, 0.25) is 0 Å². The van der Waals surface area contributed by atoms with Crippen molar-refractivity contribution in [1.29, 1.82) is 0 Å². The first-order valence-electron chi connectivity index (χ1n) is 7.36. The first-order valence-corrected chi connectivity index (χ1v) is 7.36. The number of rotatable bonds is 6. The molecule has 0 aliphatic rings. The zero-order valence-electron chi connectivity index (χ0n) is 14.3. The molecular formula is C13H20F12N+. The van der Waals surface area contributed by atoms with Gasteiger partial charge < -0.3 is 4.48 Å². The highest BCUT2D eigenvalue weighted by Gasteiger charge is 2.88. The van der Waals surface area contributed by atoms with Crippen LogP contribution in [0.2, 0.25) is 0 Å². The summed E-state index contributed by atoms with van der Waals surface area (Å²) in [5, 5.41) is 0. The van der Waals surface area contributed by atoms with Gasteiger partial charge in [0.25, 0.3) is 0 Å². The van der Waals surface area contributed by atoms with Crippen molar-refractivity contribution in [2.24, 2.45) is 0 Å². The molecule has 0 aliphatic carbocycles. The van der Waals surface area contributed by atoms with E-state index in [1.807, 2.05) is 0 Å². The van der Waals surface area contributed by atoms with Gasteiger partial charge in [-0.3, -0.25) is 0 Å². The fraction of sp³-hybridized carbons (Fsp3) is 1.00. The van der Waals surface area contributed by atoms with Crippen molar-refractivity contribution in [3.8, 4) is 0 Å². The van der Waals surface area contributed by atoms with Crippen LogP contribution in [-0.2, 0) is 0 Å². The quantitative estimate of drug-likeness (QED) is 0.372. The van der Waals surface area contributed by atoms with Crippen molar-refractivity contribution in [3.05, 3.63) is 0 Å². The minimum Gasteiger partial charge on any atom is -0.325 e. The molecule has 0 rings (SSSR count). The minimum atomic E-state index is -7.66. The molecule has 26 heavy (non-hydrogen) atoms. The van der Waals surface area contributed by atoms with Crippen molar-refractivity contribution in [1.82, 2.24) is 0 Å². The van der Waals surface area contributed by atoms with Gasteiger partial charge in [-0.25, -0.2) is 0 Å². The SMILES string of the molecule is CC[N+](CC)(CC)CC.FC(F)(F)C(F)(F)C(F)(F)C(F)(F)C(F)(F)F. The summed E-state index contributed by atoms with van der Waals surface area (Å²) in [6.45, 7) is 14.2. The summed E-state index contributed by atoms with van der Waals surface area (Å²) in [5.74, 6) is -22.7. The summed E-state index contributed by atoms with van der Waals surface area (Å²) in [4.78, 5) is 0. The first kappa shape index (κ1) is 27.3. The normalized spacial score (nSPS) is 14.8. The van der Waals surface area contributed by atoms with E-state index in [4.69, 9.17) is 0 Å². The first-order chi connectivity index (χ1) is 11.2. The Morgan fingerprint density at radius 2 is 0.615 bits per heavy atom. The molecule has 0 N–H and O–H groups in total. The third-order valence-corrected chi connectivity index (χ3v) is 4.18. The number of hydrogen-bond donors (Lipinski definition) is 0. The lowest BCUT2D eigenvalue weighted by Gasteiger charge is -2.34. The highest BCUT2D eigenvalue weighted by molar-refractivity contribution is 5.03. The van der Waals surface area contributed by atoms with Crippen molar-refractivity contribution >= 4 is 0 Å². The molecule has 0 saturated carbocycles.